The van der Waals surface area contributed by atoms with E-state index in [2.05, 4.69) is 4.74 Å². The van der Waals surface area contributed by atoms with E-state index < -0.39 is 23.9 Å². The Balaban J connectivity index is 3.03. The molecule has 0 amide bonds. The normalized spacial score (nSPS) is 13.3. The van der Waals surface area contributed by atoms with Gasteiger partial charge in [-0.1, -0.05) is 0 Å². The third-order valence-electron chi connectivity index (χ3n) is 2.09. The number of ketones is 1. The zero-order chi connectivity index (χ0) is 13.2. The van der Waals surface area contributed by atoms with Crippen LogP contribution in [0.3, 0.4) is 0 Å². The second-order valence-electron chi connectivity index (χ2n) is 3.50. The number of carbonyl (C=O) groups is 1. The van der Waals surface area contributed by atoms with Crippen molar-refractivity contribution >= 4 is 5.78 Å². The van der Waals surface area contributed by atoms with Gasteiger partial charge in [-0.05, 0) is 32.0 Å². The molecule has 0 aliphatic heterocycles. The first-order chi connectivity index (χ1) is 7.71. The molecule has 0 fully saturated rings. The molecule has 6 heteroatoms. The molecule has 1 atom stereocenters. The lowest BCUT2D eigenvalue weighted by molar-refractivity contribution is -0.189. The third-order valence-corrected chi connectivity index (χ3v) is 2.09. The molecule has 0 heterocycles. The molecule has 0 saturated heterocycles. The fourth-order valence-electron chi connectivity index (χ4n) is 1.14. The van der Waals surface area contributed by atoms with Gasteiger partial charge in [0, 0.05) is 0 Å². The first-order valence-electron chi connectivity index (χ1n) is 4.75. The van der Waals surface area contributed by atoms with E-state index in [4.69, 9.17) is 0 Å². The van der Waals surface area contributed by atoms with E-state index in [0.717, 1.165) is 32.0 Å². The zero-order valence-corrected chi connectivity index (χ0v) is 9.14. The van der Waals surface area contributed by atoms with E-state index >= 15 is 0 Å². The largest absolute Gasteiger partial charge is 0.480 e. The van der Waals surface area contributed by atoms with E-state index in [-0.39, 0.29) is 11.3 Å². The van der Waals surface area contributed by atoms with Crippen molar-refractivity contribution in [3.63, 3.8) is 0 Å². The fraction of sp³-hybridized carbons (Fsp3) is 0.364. The Morgan fingerprint density at radius 1 is 1.35 bits per heavy atom. The van der Waals surface area contributed by atoms with Crippen molar-refractivity contribution < 1.29 is 27.1 Å². The van der Waals surface area contributed by atoms with Gasteiger partial charge in [-0.3, -0.25) is 4.79 Å². The van der Waals surface area contributed by atoms with Gasteiger partial charge in [-0.25, -0.2) is 4.39 Å². The van der Waals surface area contributed by atoms with Crippen LogP contribution in [0.5, 0.6) is 5.75 Å². The Morgan fingerprint density at radius 2 is 1.94 bits per heavy atom. The Morgan fingerprint density at radius 3 is 2.41 bits per heavy atom. The number of ether oxygens (including phenoxy) is 1. The molecule has 0 radical (unpaired) electrons. The minimum atomic E-state index is -4.54. The topological polar surface area (TPSA) is 26.3 Å². The maximum atomic E-state index is 12.8. The van der Waals surface area contributed by atoms with Crippen LogP contribution in [-0.2, 0) is 0 Å². The number of benzene rings is 1. The molecular weight excluding hydrogens is 240 g/mol. The molecule has 0 saturated carbocycles. The minimum absolute atomic E-state index is 0.207. The summed E-state index contributed by atoms with van der Waals surface area (Å²) < 4.78 is 54.3. The summed E-state index contributed by atoms with van der Waals surface area (Å²) in [6.45, 7) is 1.94. The molecule has 0 aliphatic rings. The first kappa shape index (κ1) is 13.5. The van der Waals surface area contributed by atoms with Crippen LogP contribution in [-0.4, -0.2) is 18.1 Å². The molecule has 17 heavy (non-hydrogen) atoms. The summed E-state index contributed by atoms with van der Waals surface area (Å²) in [6.07, 6.45) is -6.60. The number of alkyl halides is 3. The van der Waals surface area contributed by atoms with Crippen molar-refractivity contribution in [2.24, 2.45) is 0 Å². The lowest BCUT2D eigenvalue weighted by atomic mass is 10.1. The second kappa shape index (κ2) is 4.73. The van der Waals surface area contributed by atoms with Crippen LogP contribution >= 0.6 is 0 Å². The molecule has 1 aromatic rings. The highest BCUT2D eigenvalue weighted by Crippen LogP contribution is 2.27. The summed E-state index contributed by atoms with van der Waals surface area (Å²) in [5.41, 5.74) is -0.207. The SMILES string of the molecule is CC(=O)c1cc(F)ccc1OC(C)C(F)(F)F. The lowest BCUT2D eigenvalue weighted by Gasteiger charge is -2.19. The van der Waals surface area contributed by atoms with Crippen molar-refractivity contribution in [1.29, 1.82) is 0 Å². The Labute approximate surface area is 95.2 Å². The predicted molar refractivity (Wildman–Crippen MR) is 52.5 cm³/mol. The summed E-state index contributed by atoms with van der Waals surface area (Å²) in [6, 6.07) is 2.79. The highest BCUT2D eigenvalue weighted by atomic mass is 19.4. The van der Waals surface area contributed by atoms with Gasteiger partial charge in [0.2, 0.25) is 0 Å². The summed E-state index contributed by atoms with van der Waals surface area (Å²) in [5, 5.41) is 0. The monoisotopic (exact) mass is 250 g/mol. The number of carbonyl (C=O) groups excluding carboxylic acids is 1. The minimum Gasteiger partial charge on any atom is -0.480 e. The number of halogens is 4. The number of rotatable bonds is 3. The Bertz CT molecular complexity index is 426. The second-order valence-corrected chi connectivity index (χ2v) is 3.50. The van der Waals surface area contributed by atoms with Gasteiger partial charge in [0.15, 0.2) is 11.9 Å². The van der Waals surface area contributed by atoms with E-state index in [1.807, 2.05) is 0 Å². The van der Waals surface area contributed by atoms with E-state index in [9.17, 15) is 22.4 Å². The molecule has 0 aliphatic carbocycles. The average molecular weight is 250 g/mol. The number of hydrogen-bond donors (Lipinski definition) is 0. The highest BCUT2D eigenvalue weighted by Gasteiger charge is 2.38. The van der Waals surface area contributed by atoms with Crippen molar-refractivity contribution in [2.45, 2.75) is 26.1 Å². The third kappa shape index (κ3) is 3.44. The molecule has 94 valence electrons. The molecule has 1 unspecified atom stereocenters. The van der Waals surface area contributed by atoms with Gasteiger partial charge >= 0.3 is 6.18 Å². The van der Waals surface area contributed by atoms with Crippen molar-refractivity contribution in [3.05, 3.63) is 29.6 Å². The molecule has 1 rings (SSSR count). The van der Waals surface area contributed by atoms with Gasteiger partial charge in [0.1, 0.15) is 11.6 Å². The van der Waals surface area contributed by atoms with E-state index in [0.29, 0.717) is 0 Å². The van der Waals surface area contributed by atoms with Crippen molar-refractivity contribution in [1.82, 2.24) is 0 Å². The summed E-state index contributed by atoms with van der Waals surface area (Å²) in [7, 11) is 0. The summed E-state index contributed by atoms with van der Waals surface area (Å²) in [4.78, 5) is 11.1. The van der Waals surface area contributed by atoms with Gasteiger partial charge in [-0.2, -0.15) is 13.2 Å². The highest BCUT2D eigenvalue weighted by molar-refractivity contribution is 5.96. The lowest BCUT2D eigenvalue weighted by Crippen LogP contribution is -2.31. The van der Waals surface area contributed by atoms with Crippen LogP contribution in [0.1, 0.15) is 24.2 Å². The van der Waals surface area contributed by atoms with Crippen LogP contribution in [0, 0.1) is 5.82 Å². The quantitative estimate of drug-likeness (QED) is 0.607. The van der Waals surface area contributed by atoms with Crippen molar-refractivity contribution in [3.8, 4) is 5.75 Å². The number of hydrogen-bond acceptors (Lipinski definition) is 2. The zero-order valence-electron chi connectivity index (χ0n) is 9.14. The molecule has 2 nitrogen and oxygen atoms in total. The maximum absolute atomic E-state index is 12.8. The summed E-state index contributed by atoms with van der Waals surface area (Å²) >= 11 is 0. The van der Waals surface area contributed by atoms with Crippen molar-refractivity contribution in [2.75, 3.05) is 0 Å². The van der Waals surface area contributed by atoms with E-state index in [1.54, 1.807) is 0 Å². The Hall–Kier alpha value is -1.59. The van der Waals surface area contributed by atoms with Crippen LogP contribution in [0.2, 0.25) is 0 Å². The van der Waals surface area contributed by atoms with Gasteiger partial charge in [-0.15, -0.1) is 0 Å². The standard InChI is InChI=1S/C11H10F4O2/c1-6(16)9-5-8(12)3-4-10(9)17-7(2)11(13,14)15/h3-5,7H,1-2H3. The van der Waals surface area contributed by atoms with Crippen LogP contribution < -0.4 is 4.74 Å². The molecular formula is C11H10F4O2. The fourth-order valence-corrected chi connectivity index (χ4v) is 1.14. The smallest absolute Gasteiger partial charge is 0.425 e. The molecule has 0 bridgehead atoms. The van der Waals surface area contributed by atoms with Crippen LogP contribution in [0.4, 0.5) is 17.6 Å². The molecule has 1 aromatic carbocycles. The number of Topliss-reactive ketones (excluding diaryl/α,β-unsaturated/α-hetero) is 1. The van der Waals surface area contributed by atoms with E-state index in [1.165, 1.54) is 0 Å². The van der Waals surface area contributed by atoms with Gasteiger partial charge in [0.05, 0.1) is 5.56 Å². The predicted octanol–water partition coefficient (Wildman–Crippen LogP) is 3.36. The maximum Gasteiger partial charge on any atom is 0.425 e. The molecule has 0 spiro atoms. The van der Waals surface area contributed by atoms with Crippen LogP contribution in [0.25, 0.3) is 0 Å². The molecule has 0 aromatic heterocycles. The van der Waals surface area contributed by atoms with Gasteiger partial charge < -0.3 is 4.74 Å². The van der Waals surface area contributed by atoms with Gasteiger partial charge in [0.25, 0.3) is 0 Å². The molecule has 0 N–H and O–H groups in total. The average Bonchev–Trinajstić information content (AvgIpc) is 2.18. The Kier molecular flexibility index (Phi) is 3.75. The first-order valence-corrected chi connectivity index (χ1v) is 4.75. The van der Waals surface area contributed by atoms with Crippen LogP contribution in [0.15, 0.2) is 18.2 Å². The summed E-state index contributed by atoms with van der Waals surface area (Å²) in [5.74, 6) is -1.54.